The van der Waals surface area contributed by atoms with Crippen molar-refractivity contribution in [2.45, 2.75) is 25.7 Å². The molecule has 0 amide bonds. The Kier molecular flexibility index (Phi) is 5.42. The van der Waals surface area contributed by atoms with Crippen molar-refractivity contribution < 1.29 is 9.47 Å². The number of likely N-dealkylation sites (tertiary alicyclic amines) is 1. The fourth-order valence-electron chi connectivity index (χ4n) is 3.37. The van der Waals surface area contributed by atoms with Gasteiger partial charge in [-0.3, -0.25) is 0 Å². The van der Waals surface area contributed by atoms with E-state index < -0.39 is 0 Å². The van der Waals surface area contributed by atoms with Crippen molar-refractivity contribution in [3.8, 4) is 0 Å². The minimum Gasteiger partial charge on any atom is -0.384 e. The van der Waals surface area contributed by atoms with Gasteiger partial charge in [0, 0.05) is 33.4 Å². The lowest BCUT2D eigenvalue weighted by atomic mass is 9.79. The molecule has 0 radical (unpaired) electrons. The van der Waals surface area contributed by atoms with Crippen molar-refractivity contribution in [2.75, 3.05) is 53.1 Å². The van der Waals surface area contributed by atoms with Gasteiger partial charge in [-0.05, 0) is 50.1 Å². The topological polar surface area (TPSA) is 47.7 Å². The molecule has 0 spiro atoms. The minimum atomic E-state index is 0.299. The molecular weight excluding hydrogens is 228 g/mol. The molecule has 2 aliphatic heterocycles. The Morgan fingerprint density at radius 2 is 2.17 bits per heavy atom. The molecule has 1 unspecified atom stereocenters. The second kappa shape index (κ2) is 6.85. The molecule has 2 heterocycles. The largest absolute Gasteiger partial charge is 0.384 e. The molecule has 106 valence electrons. The number of nitrogens with zero attached hydrogens (tertiary/aromatic N) is 1. The minimum absolute atomic E-state index is 0.299. The van der Waals surface area contributed by atoms with E-state index in [9.17, 15) is 0 Å². The highest BCUT2D eigenvalue weighted by Gasteiger charge is 2.34. The van der Waals surface area contributed by atoms with Crippen LogP contribution in [0.1, 0.15) is 25.7 Å². The van der Waals surface area contributed by atoms with Crippen molar-refractivity contribution >= 4 is 0 Å². The summed E-state index contributed by atoms with van der Waals surface area (Å²) in [4.78, 5) is 2.60. The Morgan fingerprint density at radius 3 is 2.83 bits per heavy atom. The van der Waals surface area contributed by atoms with Gasteiger partial charge in [0.25, 0.3) is 0 Å². The lowest BCUT2D eigenvalue weighted by Crippen LogP contribution is -2.49. The Morgan fingerprint density at radius 1 is 1.39 bits per heavy atom. The molecule has 0 aromatic carbocycles. The van der Waals surface area contributed by atoms with Gasteiger partial charge in [0.2, 0.25) is 0 Å². The zero-order valence-electron chi connectivity index (χ0n) is 11.7. The van der Waals surface area contributed by atoms with E-state index >= 15 is 0 Å². The summed E-state index contributed by atoms with van der Waals surface area (Å²) in [5.74, 6) is 0.707. The summed E-state index contributed by atoms with van der Waals surface area (Å²) in [6.45, 7) is 7.00. The molecule has 0 aromatic rings. The second-order valence-corrected chi connectivity index (χ2v) is 6.02. The number of rotatable bonds is 5. The first-order valence-electron chi connectivity index (χ1n) is 7.27. The third kappa shape index (κ3) is 3.67. The third-order valence-electron chi connectivity index (χ3n) is 4.55. The lowest BCUT2D eigenvalue weighted by molar-refractivity contribution is -0.0111. The Balaban J connectivity index is 1.86. The lowest BCUT2D eigenvalue weighted by Gasteiger charge is -2.42. The van der Waals surface area contributed by atoms with Crippen LogP contribution < -0.4 is 5.73 Å². The average Bonchev–Trinajstić information content (AvgIpc) is 2.41. The summed E-state index contributed by atoms with van der Waals surface area (Å²) >= 11 is 0. The Hall–Kier alpha value is -0.160. The molecule has 0 bridgehead atoms. The summed E-state index contributed by atoms with van der Waals surface area (Å²) < 4.78 is 10.8. The van der Waals surface area contributed by atoms with Crippen molar-refractivity contribution in [1.82, 2.24) is 4.90 Å². The molecule has 0 aromatic heterocycles. The van der Waals surface area contributed by atoms with E-state index in [1.165, 1.54) is 25.9 Å². The predicted molar refractivity (Wildman–Crippen MR) is 72.6 cm³/mol. The van der Waals surface area contributed by atoms with Crippen LogP contribution in [0.4, 0.5) is 0 Å². The maximum absolute atomic E-state index is 6.04. The molecule has 2 fully saturated rings. The summed E-state index contributed by atoms with van der Waals surface area (Å²) in [5, 5.41) is 0. The van der Waals surface area contributed by atoms with Crippen LogP contribution in [0.25, 0.3) is 0 Å². The van der Waals surface area contributed by atoms with Gasteiger partial charge in [-0.25, -0.2) is 0 Å². The van der Waals surface area contributed by atoms with Crippen LogP contribution in [-0.2, 0) is 9.47 Å². The molecule has 18 heavy (non-hydrogen) atoms. The first kappa shape index (κ1) is 14.3. The fourth-order valence-corrected chi connectivity index (χ4v) is 3.37. The molecule has 2 N–H and O–H groups in total. The van der Waals surface area contributed by atoms with E-state index in [1.54, 1.807) is 7.11 Å². The van der Waals surface area contributed by atoms with Crippen LogP contribution >= 0.6 is 0 Å². The highest BCUT2D eigenvalue weighted by molar-refractivity contribution is 4.87. The van der Waals surface area contributed by atoms with Crippen molar-refractivity contribution in [3.05, 3.63) is 0 Å². The normalized spacial score (nSPS) is 29.3. The van der Waals surface area contributed by atoms with E-state index in [-0.39, 0.29) is 0 Å². The second-order valence-electron chi connectivity index (χ2n) is 6.02. The maximum Gasteiger partial charge on any atom is 0.0502 e. The smallest absolute Gasteiger partial charge is 0.0502 e. The van der Waals surface area contributed by atoms with Crippen molar-refractivity contribution in [2.24, 2.45) is 17.1 Å². The van der Waals surface area contributed by atoms with Crippen LogP contribution in [0.3, 0.4) is 0 Å². The van der Waals surface area contributed by atoms with Gasteiger partial charge in [-0.15, -0.1) is 0 Å². The zero-order valence-corrected chi connectivity index (χ0v) is 11.7. The molecule has 2 saturated heterocycles. The predicted octanol–water partition coefficient (Wildman–Crippen LogP) is 1.10. The number of methoxy groups -OCH3 is 1. The standard InChI is InChI=1S/C14H28N2O2/c1-17-10-13-3-2-6-16(9-13)12-14(11-15)4-7-18-8-5-14/h13H,2-12,15H2,1H3. The molecular formula is C14H28N2O2. The van der Waals surface area contributed by atoms with Gasteiger partial charge in [0.15, 0.2) is 0 Å². The quantitative estimate of drug-likeness (QED) is 0.800. The number of nitrogens with two attached hydrogens (primary N) is 1. The van der Waals surface area contributed by atoms with Gasteiger partial charge in [-0.2, -0.15) is 0 Å². The van der Waals surface area contributed by atoms with E-state index in [0.717, 1.165) is 45.8 Å². The Labute approximate surface area is 111 Å². The van der Waals surface area contributed by atoms with Crippen molar-refractivity contribution in [3.63, 3.8) is 0 Å². The molecule has 4 heteroatoms. The molecule has 0 saturated carbocycles. The van der Waals surface area contributed by atoms with Gasteiger partial charge < -0.3 is 20.1 Å². The maximum atomic E-state index is 6.04. The summed E-state index contributed by atoms with van der Waals surface area (Å²) in [5.41, 5.74) is 6.34. The number of hydrogen-bond donors (Lipinski definition) is 1. The zero-order chi connectivity index (χ0) is 12.8. The Bertz CT molecular complexity index is 240. The molecule has 0 aliphatic carbocycles. The summed E-state index contributed by atoms with van der Waals surface area (Å²) in [6, 6.07) is 0. The summed E-state index contributed by atoms with van der Waals surface area (Å²) in [7, 11) is 1.80. The van der Waals surface area contributed by atoms with Crippen LogP contribution in [0, 0.1) is 11.3 Å². The van der Waals surface area contributed by atoms with Crippen LogP contribution in [-0.4, -0.2) is 58.0 Å². The van der Waals surface area contributed by atoms with Gasteiger partial charge in [-0.1, -0.05) is 0 Å². The fraction of sp³-hybridized carbons (Fsp3) is 1.00. The highest BCUT2D eigenvalue weighted by Crippen LogP contribution is 2.31. The monoisotopic (exact) mass is 256 g/mol. The average molecular weight is 256 g/mol. The van der Waals surface area contributed by atoms with Crippen LogP contribution in [0.2, 0.25) is 0 Å². The highest BCUT2D eigenvalue weighted by atomic mass is 16.5. The van der Waals surface area contributed by atoms with Crippen LogP contribution in [0.5, 0.6) is 0 Å². The van der Waals surface area contributed by atoms with E-state index in [0.29, 0.717) is 11.3 Å². The first-order chi connectivity index (χ1) is 8.78. The van der Waals surface area contributed by atoms with Crippen molar-refractivity contribution in [1.29, 1.82) is 0 Å². The van der Waals surface area contributed by atoms with Gasteiger partial charge in [0.05, 0.1) is 6.61 Å². The number of piperidine rings is 1. The molecule has 1 atom stereocenters. The number of hydrogen-bond acceptors (Lipinski definition) is 4. The number of ether oxygens (including phenoxy) is 2. The molecule has 4 nitrogen and oxygen atoms in total. The third-order valence-corrected chi connectivity index (χ3v) is 4.55. The summed E-state index contributed by atoms with van der Waals surface area (Å²) in [6.07, 6.45) is 4.85. The van der Waals surface area contributed by atoms with E-state index in [4.69, 9.17) is 15.2 Å². The van der Waals surface area contributed by atoms with Crippen LogP contribution in [0.15, 0.2) is 0 Å². The van der Waals surface area contributed by atoms with Gasteiger partial charge in [0.1, 0.15) is 0 Å². The molecule has 2 aliphatic rings. The SMILES string of the molecule is COCC1CCCN(CC2(CN)CCOCC2)C1. The van der Waals surface area contributed by atoms with E-state index in [1.807, 2.05) is 0 Å². The molecule has 2 rings (SSSR count). The van der Waals surface area contributed by atoms with Gasteiger partial charge >= 0.3 is 0 Å². The van der Waals surface area contributed by atoms with E-state index in [2.05, 4.69) is 4.90 Å². The first-order valence-corrected chi connectivity index (χ1v) is 7.27.